The van der Waals surface area contributed by atoms with Gasteiger partial charge in [-0.05, 0) is 107 Å². The first kappa shape index (κ1) is 81.2. The lowest BCUT2D eigenvalue weighted by Crippen LogP contribution is -2.64. The number of fused-ring (bicyclic) bond motifs is 2. The number of nitrogens with two attached hydrogens (primary N) is 2. The van der Waals surface area contributed by atoms with E-state index in [1.807, 2.05) is 0 Å². The first-order chi connectivity index (χ1) is 48.8. The number of hydrogen-bond donors (Lipinski definition) is 13. The minimum Gasteiger partial charge on any atom is -0.494 e. The van der Waals surface area contributed by atoms with Crippen LogP contribution >= 0.6 is 0 Å². The van der Waals surface area contributed by atoms with Crippen LogP contribution in [0.15, 0.2) is 53.1 Å². The maximum absolute atomic E-state index is 15.5. The number of carboxylic acid groups (broad SMARTS) is 3. The number of carboxylic acids is 3. The molecule has 6 rings (SSSR count). The number of benzene rings is 2. The number of ether oxygens (including phenoxy) is 1. The second-order valence-electron chi connectivity index (χ2n) is 26.3. The number of carbonyl (C=O) groups is 16. The Hall–Kier alpha value is -10.7. The molecule has 35 nitrogen and oxygen atoms in total. The molecule has 12 atom stereocenters. The van der Waals surface area contributed by atoms with Crippen molar-refractivity contribution >= 4 is 94.5 Å². The number of primary amides is 1. The maximum Gasteiger partial charge on any atom is 0.307 e. The van der Waals surface area contributed by atoms with Crippen molar-refractivity contribution in [2.75, 3.05) is 32.8 Å². The monoisotopic (exact) mass is 1440 g/mol. The third-order valence-corrected chi connectivity index (χ3v) is 18.0. The van der Waals surface area contributed by atoms with Gasteiger partial charge in [-0.1, -0.05) is 52.1 Å². The molecule has 35 heteroatoms. The Bertz CT molecular complexity index is 3620. The zero-order chi connectivity index (χ0) is 75.9. The van der Waals surface area contributed by atoms with Crippen molar-refractivity contribution < 1.29 is 101 Å². The standard InChI is InChI=1S/C68H92N14O21/c1-7-8-9-12-26-102-42-22-20-38(21-23-42)57-79-65(103-80-57)40-18-16-39(17-19-40)58(91)75-45(29-51(70)85)63(96)78-56-37(6)73-64(97)49-15-13-25-82(49)66(98)55(34(2)3)77-60(93)44(36(5)69)27-41(83)32-71-61(94)46(30-53(87)88)74-52(86)33-72-62(95)47(31-54(89)90)76-59(92)43(35(4)68(100)101)28-50(84)48-14-10-11-24-81(48)67(56)99/h16-23,34-37,43-49,55-56H,7-15,24-33,69H2,1-6H3,(H2,70,85)(H,71,94)(H,72,95)(H,73,97)(H,74,86)(H,75,91)(H,76,92)(H,77,93)(H,78,96)(H,87,88)(H,89,90)(H,100,101). The number of aliphatic carboxylic acids is 3. The van der Waals surface area contributed by atoms with E-state index in [0.717, 1.165) is 37.5 Å². The van der Waals surface area contributed by atoms with Gasteiger partial charge in [0.2, 0.25) is 64.9 Å². The molecule has 0 aliphatic carbocycles. The highest BCUT2D eigenvalue weighted by Gasteiger charge is 2.45. The van der Waals surface area contributed by atoms with Crippen molar-refractivity contribution in [2.45, 2.75) is 186 Å². The number of Topliss-reactive ketones (excluding diaryl/α,β-unsaturated/α-hetero) is 2. The molecule has 560 valence electrons. The zero-order valence-corrected chi connectivity index (χ0v) is 58.2. The lowest BCUT2D eigenvalue weighted by molar-refractivity contribution is -0.150. The average Bonchev–Trinajstić information content (AvgIpc) is 1.73. The summed E-state index contributed by atoms with van der Waals surface area (Å²) in [5.74, 6) is -23.4. The molecule has 0 spiro atoms. The molecule has 4 heterocycles. The van der Waals surface area contributed by atoms with Gasteiger partial charge in [-0.25, -0.2) is 0 Å². The molecule has 0 radical (unpaired) electrons. The van der Waals surface area contributed by atoms with Crippen molar-refractivity contribution in [2.24, 2.45) is 35.1 Å². The van der Waals surface area contributed by atoms with E-state index in [1.54, 1.807) is 38.1 Å². The Balaban J connectivity index is 1.33. The van der Waals surface area contributed by atoms with Crippen LogP contribution in [-0.4, -0.2) is 217 Å². The van der Waals surface area contributed by atoms with E-state index in [-0.39, 0.29) is 62.5 Å². The fourth-order valence-electron chi connectivity index (χ4n) is 12.1. The summed E-state index contributed by atoms with van der Waals surface area (Å²) in [7, 11) is 0. The molecule has 12 unspecified atom stereocenters. The molecule has 1 aromatic heterocycles. The van der Waals surface area contributed by atoms with Crippen LogP contribution in [0.1, 0.15) is 142 Å². The molecule has 3 aliphatic rings. The van der Waals surface area contributed by atoms with Crippen LogP contribution in [0.2, 0.25) is 0 Å². The molecule has 11 amide bonds. The summed E-state index contributed by atoms with van der Waals surface area (Å²) in [5, 5.41) is 52.5. The van der Waals surface area contributed by atoms with Gasteiger partial charge in [0, 0.05) is 48.7 Å². The molecule has 3 saturated heterocycles. The molecule has 0 saturated carbocycles. The molecule has 103 heavy (non-hydrogen) atoms. The number of carbonyl (C=O) groups excluding carboxylic acids is 13. The second kappa shape index (κ2) is 38.3. The van der Waals surface area contributed by atoms with Crippen LogP contribution in [-0.2, 0) is 71.9 Å². The lowest BCUT2D eigenvalue weighted by Gasteiger charge is -2.39. The van der Waals surface area contributed by atoms with Gasteiger partial charge in [0.15, 0.2) is 11.6 Å². The maximum atomic E-state index is 15.5. The zero-order valence-electron chi connectivity index (χ0n) is 58.2. The van der Waals surface area contributed by atoms with Gasteiger partial charge in [0.05, 0.1) is 68.8 Å². The molecule has 3 fully saturated rings. The summed E-state index contributed by atoms with van der Waals surface area (Å²) in [6.45, 7) is 7.39. The Labute approximate surface area is 592 Å². The largest absolute Gasteiger partial charge is 0.494 e. The summed E-state index contributed by atoms with van der Waals surface area (Å²) < 4.78 is 11.4. The van der Waals surface area contributed by atoms with Gasteiger partial charge >= 0.3 is 17.9 Å². The topological polar surface area (TPSA) is 537 Å². The van der Waals surface area contributed by atoms with E-state index in [2.05, 4.69) is 59.6 Å². The SMILES string of the molecule is CCCCCCOc1ccc(-c2noc(-c3ccc(C(=O)NC(CC(N)=O)C(=O)NC4C(=O)N5CCCCC5C(=O)CC(C(C)C(=O)O)C(=O)NC(CC(=O)O)C(=O)NCC(=O)NC(CC(=O)O)C(=O)NCC(=O)CC(C(C)N)C(=O)NC(C(C)C)C(=O)N5CCCC5C(=O)NC4C)cc3)n2)cc1. The number of aromatic nitrogens is 2. The first-order valence-corrected chi connectivity index (χ1v) is 34.2. The van der Waals surface area contributed by atoms with E-state index >= 15 is 4.79 Å². The van der Waals surface area contributed by atoms with Crippen molar-refractivity contribution in [1.29, 1.82) is 0 Å². The number of amides is 11. The van der Waals surface area contributed by atoms with Gasteiger partial charge in [0.1, 0.15) is 42.0 Å². The lowest BCUT2D eigenvalue weighted by atomic mass is 9.84. The number of hydrogen-bond acceptors (Lipinski definition) is 21. The fourth-order valence-corrected chi connectivity index (χ4v) is 12.1. The van der Waals surface area contributed by atoms with Crippen LogP contribution < -0.4 is 58.7 Å². The van der Waals surface area contributed by atoms with E-state index in [1.165, 1.54) is 43.0 Å². The number of ketones is 2. The van der Waals surface area contributed by atoms with Gasteiger partial charge < -0.3 is 88.4 Å². The average molecular weight is 1440 g/mol. The number of nitrogens with one attached hydrogen (secondary N) is 8. The van der Waals surface area contributed by atoms with Crippen molar-refractivity contribution in [3.8, 4) is 28.6 Å². The first-order valence-electron chi connectivity index (χ1n) is 34.2. The van der Waals surface area contributed by atoms with Gasteiger partial charge in [0.25, 0.3) is 11.8 Å². The molecular weight excluding hydrogens is 1350 g/mol. The van der Waals surface area contributed by atoms with Crippen molar-refractivity contribution in [3.63, 3.8) is 0 Å². The highest BCUT2D eigenvalue weighted by atomic mass is 16.5. The van der Waals surface area contributed by atoms with Crippen LogP contribution in [0, 0.1) is 23.7 Å². The van der Waals surface area contributed by atoms with E-state index in [4.69, 9.17) is 20.7 Å². The quantitative estimate of drug-likeness (QED) is 0.0549. The fraction of sp³-hybridized carbons (Fsp3) is 0.559. The predicted molar refractivity (Wildman–Crippen MR) is 361 cm³/mol. The van der Waals surface area contributed by atoms with E-state index < -0.39 is 218 Å². The van der Waals surface area contributed by atoms with Crippen LogP contribution in [0.25, 0.3) is 22.8 Å². The molecule has 2 aromatic carbocycles. The van der Waals surface area contributed by atoms with Crippen molar-refractivity contribution in [3.05, 3.63) is 54.1 Å². The van der Waals surface area contributed by atoms with Gasteiger partial charge in [-0.2, -0.15) is 4.98 Å². The molecular formula is C68H92N14O21. The highest BCUT2D eigenvalue weighted by Crippen LogP contribution is 2.29. The number of piperidine rings is 1. The number of nitrogens with zero attached hydrogens (tertiary/aromatic N) is 4. The summed E-state index contributed by atoms with van der Waals surface area (Å²) >= 11 is 0. The summed E-state index contributed by atoms with van der Waals surface area (Å²) in [6, 6.07) is -1.75. The highest BCUT2D eigenvalue weighted by molar-refractivity contribution is 6.03. The molecule has 15 N–H and O–H groups in total. The second-order valence-corrected chi connectivity index (χ2v) is 26.3. The number of unbranched alkanes of at least 4 members (excludes halogenated alkanes) is 3. The van der Waals surface area contributed by atoms with E-state index in [9.17, 15) is 87.2 Å². The minimum absolute atomic E-state index is 0.0231. The van der Waals surface area contributed by atoms with Crippen LogP contribution in [0.3, 0.4) is 0 Å². The Morgan fingerprint density at radius 1 is 0.680 bits per heavy atom. The smallest absolute Gasteiger partial charge is 0.307 e. The van der Waals surface area contributed by atoms with Crippen LogP contribution in [0.5, 0.6) is 5.75 Å². The van der Waals surface area contributed by atoms with Gasteiger partial charge in [-0.15, -0.1) is 0 Å². The van der Waals surface area contributed by atoms with E-state index in [0.29, 0.717) is 23.5 Å². The Kier molecular flexibility index (Phi) is 30.2. The van der Waals surface area contributed by atoms with Crippen LogP contribution in [0.4, 0.5) is 0 Å². The predicted octanol–water partition coefficient (Wildman–Crippen LogP) is -0.777. The Morgan fingerprint density at radius 3 is 1.89 bits per heavy atom. The van der Waals surface area contributed by atoms with Gasteiger partial charge in [-0.3, -0.25) is 76.7 Å². The van der Waals surface area contributed by atoms with Crippen molar-refractivity contribution in [1.82, 2.24) is 62.5 Å². The third-order valence-electron chi connectivity index (χ3n) is 18.0. The third kappa shape index (κ3) is 23.4. The number of rotatable bonds is 22. The summed E-state index contributed by atoms with van der Waals surface area (Å²) in [5.41, 5.74) is 12.8. The molecule has 3 aromatic rings. The molecule has 3 aliphatic heterocycles. The summed E-state index contributed by atoms with van der Waals surface area (Å²) in [4.78, 5) is 227. The summed E-state index contributed by atoms with van der Waals surface area (Å²) in [6.07, 6.45) is 0.0334. The normalized spacial score (nSPS) is 23.7. The Morgan fingerprint density at radius 2 is 1.28 bits per heavy atom. The minimum atomic E-state index is -2.09. The molecule has 0 bridgehead atoms.